The molecule has 1 fully saturated rings. The fourth-order valence-corrected chi connectivity index (χ4v) is 4.68. The summed E-state index contributed by atoms with van der Waals surface area (Å²) in [5.41, 5.74) is 1.58. The van der Waals surface area contributed by atoms with Gasteiger partial charge in [0.15, 0.2) is 0 Å². The van der Waals surface area contributed by atoms with Crippen molar-refractivity contribution in [1.82, 2.24) is 9.88 Å². The van der Waals surface area contributed by atoms with E-state index in [4.69, 9.17) is 4.98 Å². The molecule has 1 aliphatic heterocycles. The fourth-order valence-electron chi connectivity index (χ4n) is 3.59. The third-order valence-electron chi connectivity index (χ3n) is 4.90. The van der Waals surface area contributed by atoms with Gasteiger partial charge in [-0.15, -0.1) is 11.3 Å². The number of alkyl halides is 2. The zero-order chi connectivity index (χ0) is 20.2. The Hall–Kier alpha value is -2.58. The van der Waals surface area contributed by atoms with Crippen molar-refractivity contribution in [2.75, 3.05) is 25.0 Å². The molecule has 3 aromatic rings. The number of nitrogens with one attached hydrogen (secondary N) is 1. The van der Waals surface area contributed by atoms with Gasteiger partial charge in [0.1, 0.15) is 5.75 Å². The molecule has 8 heteroatoms. The highest BCUT2D eigenvalue weighted by Gasteiger charge is 2.25. The summed E-state index contributed by atoms with van der Waals surface area (Å²) in [5, 5.41) is 3.94. The Bertz CT molecular complexity index is 944. The van der Waals surface area contributed by atoms with Crippen LogP contribution in [0.15, 0.2) is 48.5 Å². The normalized spacial score (nSPS) is 17.6. The Morgan fingerprint density at radius 2 is 2.03 bits per heavy atom. The summed E-state index contributed by atoms with van der Waals surface area (Å²) in [4.78, 5) is 19.3. The maximum absolute atomic E-state index is 12.4. The van der Waals surface area contributed by atoms with E-state index >= 15 is 0 Å². The lowest BCUT2D eigenvalue weighted by Gasteiger charge is -2.31. The first-order valence-corrected chi connectivity index (χ1v) is 10.3. The monoisotopic (exact) mass is 417 g/mol. The van der Waals surface area contributed by atoms with Crippen LogP contribution in [-0.2, 0) is 4.79 Å². The van der Waals surface area contributed by atoms with Crippen molar-refractivity contribution >= 4 is 33.1 Å². The standard InChI is InChI=1S/C21H21F2N3O2S/c22-21(23)28-16-9-7-15(8-10-16)24-19(27)13-26-11-3-4-14(12-26)20-25-17-5-1-2-6-18(17)29-20/h1-2,5-10,14,21H,3-4,11-13H2,(H,24,27)/t14-/m0/s1. The third kappa shape index (κ3) is 5.07. The molecule has 1 amide bonds. The van der Waals surface area contributed by atoms with E-state index in [2.05, 4.69) is 21.0 Å². The fraction of sp³-hybridized carbons (Fsp3) is 0.333. The van der Waals surface area contributed by atoms with Crippen molar-refractivity contribution in [3.8, 4) is 5.75 Å². The number of ether oxygens (including phenoxy) is 1. The number of thiazole rings is 1. The van der Waals surface area contributed by atoms with Gasteiger partial charge in [0.25, 0.3) is 0 Å². The lowest BCUT2D eigenvalue weighted by molar-refractivity contribution is -0.117. The molecular weight excluding hydrogens is 396 g/mol. The third-order valence-corrected chi connectivity index (χ3v) is 6.09. The molecule has 0 radical (unpaired) electrons. The second-order valence-electron chi connectivity index (χ2n) is 7.05. The van der Waals surface area contributed by atoms with Crippen LogP contribution in [0, 0.1) is 0 Å². The molecule has 1 atom stereocenters. The van der Waals surface area contributed by atoms with E-state index < -0.39 is 6.61 Å². The minimum atomic E-state index is -2.86. The summed E-state index contributed by atoms with van der Waals surface area (Å²) in [6.07, 6.45) is 2.09. The maximum Gasteiger partial charge on any atom is 0.387 e. The van der Waals surface area contributed by atoms with E-state index in [1.54, 1.807) is 23.5 Å². The highest BCUT2D eigenvalue weighted by molar-refractivity contribution is 7.18. The molecule has 4 rings (SSSR count). The Balaban J connectivity index is 1.33. The van der Waals surface area contributed by atoms with Crippen molar-refractivity contribution < 1.29 is 18.3 Å². The molecule has 2 heterocycles. The van der Waals surface area contributed by atoms with Crippen LogP contribution in [-0.4, -0.2) is 42.0 Å². The van der Waals surface area contributed by atoms with E-state index in [0.29, 0.717) is 11.6 Å². The average Bonchev–Trinajstić information content (AvgIpc) is 3.14. The number of benzene rings is 2. The molecule has 1 aliphatic rings. The molecule has 1 N–H and O–H groups in total. The SMILES string of the molecule is O=C(CN1CCC[C@H](c2nc3ccccc3s2)C1)Nc1ccc(OC(F)F)cc1. The van der Waals surface area contributed by atoms with Gasteiger partial charge in [0.05, 0.1) is 21.8 Å². The highest BCUT2D eigenvalue weighted by atomic mass is 32.1. The molecule has 1 saturated heterocycles. The number of carbonyl (C=O) groups is 1. The van der Waals surface area contributed by atoms with Gasteiger partial charge < -0.3 is 10.1 Å². The number of aromatic nitrogens is 1. The lowest BCUT2D eigenvalue weighted by Crippen LogP contribution is -2.39. The van der Waals surface area contributed by atoms with Gasteiger partial charge in [-0.25, -0.2) is 4.98 Å². The summed E-state index contributed by atoms with van der Waals surface area (Å²) in [7, 11) is 0. The predicted molar refractivity (Wildman–Crippen MR) is 110 cm³/mol. The molecule has 0 unspecified atom stereocenters. The number of likely N-dealkylation sites (tertiary alicyclic amines) is 1. The maximum atomic E-state index is 12.4. The summed E-state index contributed by atoms with van der Waals surface area (Å²) >= 11 is 1.73. The molecule has 0 aliphatic carbocycles. The van der Waals surface area contributed by atoms with Gasteiger partial charge in [-0.05, 0) is 55.8 Å². The highest BCUT2D eigenvalue weighted by Crippen LogP contribution is 2.32. The van der Waals surface area contributed by atoms with Crippen molar-refractivity contribution in [3.63, 3.8) is 0 Å². The Kier molecular flexibility index (Phi) is 6.01. The van der Waals surface area contributed by atoms with Gasteiger partial charge in [-0.1, -0.05) is 12.1 Å². The van der Waals surface area contributed by atoms with Crippen molar-refractivity contribution in [2.45, 2.75) is 25.4 Å². The van der Waals surface area contributed by atoms with Crippen molar-refractivity contribution in [1.29, 1.82) is 0 Å². The molecule has 0 spiro atoms. The number of piperidine rings is 1. The van der Waals surface area contributed by atoms with Crippen molar-refractivity contribution in [3.05, 3.63) is 53.5 Å². The largest absolute Gasteiger partial charge is 0.435 e. The van der Waals surface area contributed by atoms with Gasteiger partial charge in [-0.2, -0.15) is 8.78 Å². The molecule has 1 aromatic heterocycles. The number of fused-ring (bicyclic) bond motifs is 1. The number of hydrogen-bond donors (Lipinski definition) is 1. The first kappa shape index (κ1) is 19.7. The quantitative estimate of drug-likeness (QED) is 0.631. The second-order valence-corrected chi connectivity index (χ2v) is 8.11. The van der Waals surface area contributed by atoms with Gasteiger partial charge in [0, 0.05) is 18.2 Å². The van der Waals surface area contributed by atoms with Gasteiger partial charge >= 0.3 is 6.61 Å². The van der Waals surface area contributed by atoms with Crippen LogP contribution in [0.25, 0.3) is 10.2 Å². The van der Waals surface area contributed by atoms with E-state index in [0.717, 1.165) is 36.5 Å². The Morgan fingerprint density at radius 3 is 2.79 bits per heavy atom. The Morgan fingerprint density at radius 1 is 1.24 bits per heavy atom. The molecule has 0 bridgehead atoms. The first-order chi connectivity index (χ1) is 14.1. The van der Waals surface area contributed by atoms with Crippen LogP contribution < -0.4 is 10.1 Å². The minimum Gasteiger partial charge on any atom is -0.435 e. The number of anilines is 1. The number of para-hydroxylation sites is 1. The zero-order valence-corrected chi connectivity index (χ0v) is 16.5. The minimum absolute atomic E-state index is 0.0627. The van der Waals surface area contributed by atoms with Crippen LogP contribution >= 0.6 is 11.3 Å². The molecular formula is C21H21F2N3O2S. The van der Waals surface area contributed by atoms with Crippen LogP contribution in [0.3, 0.4) is 0 Å². The Labute approximate surface area is 171 Å². The van der Waals surface area contributed by atoms with Gasteiger partial charge in [-0.3, -0.25) is 9.69 Å². The average molecular weight is 417 g/mol. The summed E-state index contributed by atoms with van der Waals surface area (Å²) in [5.74, 6) is 0.268. The number of amides is 1. The van der Waals surface area contributed by atoms with E-state index in [1.807, 2.05) is 18.2 Å². The van der Waals surface area contributed by atoms with E-state index in [9.17, 15) is 13.6 Å². The summed E-state index contributed by atoms with van der Waals surface area (Å²) < 4.78 is 29.9. The first-order valence-electron chi connectivity index (χ1n) is 9.49. The lowest BCUT2D eigenvalue weighted by atomic mass is 9.99. The van der Waals surface area contributed by atoms with Crippen molar-refractivity contribution in [2.24, 2.45) is 0 Å². The number of carbonyl (C=O) groups excluding carboxylic acids is 1. The number of nitrogens with zero attached hydrogens (tertiary/aromatic N) is 2. The smallest absolute Gasteiger partial charge is 0.387 e. The number of hydrogen-bond acceptors (Lipinski definition) is 5. The zero-order valence-electron chi connectivity index (χ0n) is 15.7. The van der Waals surface area contributed by atoms with Crippen LogP contribution in [0.5, 0.6) is 5.75 Å². The van der Waals surface area contributed by atoms with Gasteiger partial charge in [0.2, 0.25) is 5.91 Å². The molecule has 5 nitrogen and oxygen atoms in total. The molecule has 152 valence electrons. The van der Waals surface area contributed by atoms with Crippen LogP contribution in [0.1, 0.15) is 23.8 Å². The number of halogens is 2. The molecule has 0 saturated carbocycles. The van der Waals surface area contributed by atoms with Crippen LogP contribution in [0.2, 0.25) is 0 Å². The molecule has 29 heavy (non-hydrogen) atoms. The van der Waals surface area contributed by atoms with Crippen LogP contribution in [0.4, 0.5) is 14.5 Å². The predicted octanol–water partition coefficient (Wildman–Crippen LogP) is 4.72. The van der Waals surface area contributed by atoms with E-state index in [1.165, 1.54) is 16.8 Å². The topological polar surface area (TPSA) is 54.5 Å². The number of rotatable bonds is 6. The summed E-state index contributed by atoms with van der Waals surface area (Å²) in [6.45, 7) is -0.904. The second kappa shape index (κ2) is 8.84. The summed E-state index contributed by atoms with van der Waals surface area (Å²) in [6, 6.07) is 14.1. The molecule has 2 aromatic carbocycles. The van der Waals surface area contributed by atoms with E-state index in [-0.39, 0.29) is 18.2 Å².